The number of ether oxygens (including phenoxy) is 1. The van der Waals surface area contributed by atoms with Crippen molar-refractivity contribution in [2.75, 3.05) is 7.11 Å². The van der Waals surface area contributed by atoms with Gasteiger partial charge in [-0.05, 0) is 38.9 Å². The van der Waals surface area contributed by atoms with E-state index in [2.05, 4.69) is 5.32 Å². The summed E-state index contributed by atoms with van der Waals surface area (Å²) < 4.78 is 5.17. The molecule has 0 aromatic heterocycles. The summed E-state index contributed by atoms with van der Waals surface area (Å²) in [7, 11) is 1.21. The van der Waals surface area contributed by atoms with E-state index in [1.54, 1.807) is 0 Å². The first-order chi connectivity index (χ1) is 22.0. The number of nitrogens with zero attached hydrogens (tertiary/aromatic N) is 1. The Kier molecular flexibility index (Phi) is 8.16. The predicted octanol–water partition coefficient (Wildman–Crippen LogP) is 6.78. The first kappa shape index (κ1) is 29.4. The van der Waals surface area contributed by atoms with E-state index in [0.29, 0.717) is 0 Å². The quantitative estimate of drug-likeness (QED) is 0.183. The van der Waals surface area contributed by atoms with Crippen LogP contribution in [0.3, 0.4) is 0 Å². The zero-order valence-corrected chi connectivity index (χ0v) is 24.7. The van der Waals surface area contributed by atoms with Gasteiger partial charge in [-0.15, -0.1) is 0 Å². The molecule has 7 nitrogen and oxygen atoms in total. The molecule has 0 aliphatic heterocycles. The number of hydrogen-bond acceptors (Lipinski definition) is 4. The molecule has 0 saturated carbocycles. The predicted molar refractivity (Wildman–Crippen MR) is 171 cm³/mol. The highest BCUT2D eigenvalue weighted by atomic mass is 16.5. The first-order valence-corrected chi connectivity index (χ1v) is 14.7. The van der Waals surface area contributed by atoms with Crippen molar-refractivity contribution in [1.29, 1.82) is 0 Å². The van der Waals surface area contributed by atoms with Crippen LogP contribution in [0.2, 0.25) is 0 Å². The van der Waals surface area contributed by atoms with Gasteiger partial charge in [-0.1, -0.05) is 140 Å². The fraction of sp³-hybridized carbons (Fsp3) is 0.132. The maximum atomic E-state index is 14.3. The zero-order chi connectivity index (χ0) is 31.4. The molecule has 0 bridgehead atoms. The van der Waals surface area contributed by atoms with Gasteiger partial charge in [0.05, 0.1) is 19.6 Å². The smallest absolute Gasteiger partial charge is 0.411 e. The third-order valence-corrected chi connectivity index (χ3v) is 8.41. The third kappa shape index (κ3) is 5.33. The van der Waals surface area contributed by atoms with Gasteiger partial charge in [-0.2, -0.15) is 0 Å². The second-order valence-electron chi connectivity index (χ2n) is 10.9. The lowest BCUT2D eigenvalue weighted by Crippen LogP contribution is -2.52. The number of amides is 2. The Morgan fingerprint density at radius 3 is 1.49 bits per heavy atom. The maximum Gasteiger partial charge on any atom is 0.411 e. The maximum absolute atomic E-state index is 14.3. The van der Waals surface area contributed by atoms with Gasteiger partial charge in [0, 0.05) is 0 Å². The highest BCUT2D eigenvalue weighted by Gasteiger charge is 2.44. The van der Waals surface area contributed by atoms with Crippen molar-refractivity contribution in [2.45, 2.75) is 24.0 Å². The van der Waals surface area contributed by atoms with Crippen molar-refractivity contribution in [2.24, 2.45) is 0 Å². The average molecular weight is 597 g/mol. The molecule has 1 aliphatic carbocycles. The molecule has 0 unspecified atom stereocenters. The lowest BCUT2D eigenvalue weighted by Gasteiger charge is -2.38. The second kappa shape index (κ2) is 12.5. The van der Waals surface area contributed by atoms with Crippen molar-refractivity contribution in [3.63, 3.8) is 0 Å². The van der Waals surface area contributed by atoms with Crippen LogP contribution in [0.25, 0.3) is 11.1 Å². The number of hydrogen-bond donors (Lipinski definition) is 2. The monoisotopic (exact) mass is 596 g/mol. The molecule has 2 amide bonds. The topological polar surface area (TPSA) is 95.9 Å². The number of nitrogens with one attached hydrogen (secondary N) is 1. The molecule has 6 rings (SSSR count). The summed E-state index contributed by atoms with van der Waals surface area (Å²) in [4.78, 5) is 42.0. The Morgan fingerprint density at radius 2 is 1.09 bits per heavy atom. The number of carboxylic acid groups (broad SMARTS) is 1. The van der Waals surface area contributed by atoms with E-state index < -0.39 is 42.0 Å². The lowest BCUT2D eigenvalue weighted by atomic mass is 9.77. The first-order valence-electron chi connectivity index (χ1n) is 14.7. The fourth-order valence-electron chi connectivity index (χ4n) is 6.47. The average Bonchev–Trinajstić information content (AvgIpc) is 3.42. The molecule has 5 aromatic carbocycles. The van der Waals surface area contributed by atoms with Crippen LogP contribution in [0.4, 0.5) is 4.79 Å². The van der Waals surface area contributed by atoms with E-state index in [0.717, 1.165) is 38.9 Å². The van der Waals surface area contributed by atoms with Crippen molar-refractivity contribution in [3.05, 3.63) is 167 Å². The molecule has 5 aromatic rings. The summed E-state index contributed by atoms with van der Waals surface area (Å²) in [5, 5.41) is 13.8. The van der Waals surface area contributed by atoms with Crippen LogP contribution in [0.15, 0.2) is 140 Å². The minimum absolute atomic E-state index is 0.514. The summed E-state index contributed by atoms with van der Waals surface area (Å²) >= 11 is 0. The van der Waals surface area contributed by atoms with Gasteiger partial charge < -0.3 is 15.2 Å². The van der Waals surface area contributed by atoms with Gasteiger partial charge in [0.15, 0.2) is 0 Å². The molecule has 0 heterocycles. The molecule has 0 radical (unpaired) electrons. The van der Waals surface area contributed by atoms with Crippen LogP contribution in [0.1, 0.15) is 40.3 Å². The summed E-state index contributed by atoms with van der Waals surface area (Å²) in [5.74, 6) is -1.87. The Balaban J connectivity index is 1.44. The van der Waals surface area contributed by atoms with E-state index in [9.17, 15) is 19.5 Å². The molecule has 0 fully saturated rings. The van der Waals surface area contributed by atoms with Crippen LogP contribution >= 0.6 is 0 Å². The largest absolute Gasteiger partial charge is 0.480 e. The molecule has 1 aliphatic rings. The summed E-state index contributed by atoms with van der Waals surface area (Å²) in [6, 6.07) is 41.5. The standard InChI is InChI=1S/C38H32N2O5/c1-45-37(44)40(35-31-23-13-11-21-29(31)30-22-12-14-24-32(30)35)33(36(42)43)25-34(41)39-38(26-15-5-2-6-16-26,27-17-7-3-8-18-27)28-19-9-4-10-20-28/h2-24,33,35H,25H2,1H3,(H,39,41)(H,42,43)/t33-/m0/s1. The molecule has 45 heavy (non-hydrogen) atoms. The molecule has 0 saturated heterocycles. The van der Waals surface area contributed by atoms with Crippen LogP contribution in [-0.2, 0) is 19.9 Å². The van der Waals surface area contributed by atoms with E-state index in [-0.39, 0.29) is 0 Å². The summed E-state index contributed by atoms with van der Waals surface area (Å²) in [6.07, 6.45) is -1.35. The van der Waals surface area contributed by atoms with Crippen LogP contribution in [-0.4, -0.2) is 41.1 Å². The highest BCUT2D eigenvalue weighted by molar-refractivity contribution is 5.90. The molecule has 7 heteroatoms. The minimum atomic E-state index is -1.54. The SMILES string of the molecule is COC(=O)N(C1c2ccccc2-c2ccccc21)[C@@H](CC(=O)NC(c1ccccc1)(c1ccccc1)c1ccccc1)C(=O)O. The Labute approximate surface area is 261 Å². The zero-order valence-electron chi connectivity index (χ0n) is 24.7. The van der Waals surface area contributed by atoms with Gasteiger partial charge in [-0.25, -0.2) is 9.59 Å². The minimum Gasteiger partial charge on any atom is -0.480 e. The van der Waals surface area contributed by atoms with Crippen molar-refractivity contribution < 1.29 is 24.2 Å². The Hall–Kier alpha value is -5.69. The number of methoxy groups -OCH3 is 1. The van der Waals surface area contributed by atoms with Crippen molar-refractivity contribution in [3.8, 4) is 11.1 Å². The number of rotatable bonds is 9. The van der Waals surface area contributed by atoms with Gasteiger partial charge in [-0.3, -0.25) is 9.69 Å². The second-order valence-corrected chi connectivity index (χ2v) is 10.9. The number of aliphatic carboxylic acids is 1. The molecular weight excluding hydrogens is 564 g/mol. The van der Waals surface area contributed by atoms with E-state index in [1.807, 2.05) is 140 Å². The van der Waals surface area contributed by atoms with Gasteiger partial charge in [0.25, 0.3) is 0 Å². The molecule has 1 atom stereocenters. The van der Waals surface area contributed by atoms with Gasteiger partial charge in [0.2, 0.25) is 5.91 Å². The van der Waals surface area contributed by atoms with E-state index in [4.69, 9.17) is 4.74 Å². The molecule has 224 valence electrons. The van der Waals surface area contributed by atoms with Crippen molar-refractivity contribution in [1.82, 2.24) is 10.2 Å². The molecule has 0 spiro atoms. The van der Waals surface area contributed by atoms with Crippen molar-refractivity contribution >= 4 is 18.0 Å². The van der Waals surface area contributed by atoms with Crippen LogP contribution in [0, 0.1) is 0 Å². The lowest BCUT2D eigenvalue weighted by molar-refractivity contribution is -0.145. The highest BCUT2D eigenvalue weighted by Crippen LogP contribution is 2.47. The van der Waals surface area contributed by atoms with E-state index in [1.165, 1.54) is 12.0 Å². The number of benzene rings is 5. The fourth-order valence-corrected chi connectivity index (χ4v) is 6.47. The number of carbonyl (C=O) groups excluding carboxylic acids is 2. The van der Waals surface area contributed by atoms with Crippen LogP contribution in [0.5, 0.6) is 0 Å². The van der Waals surface area contributed by atoms with Gasteiger partial charge >= 0.3 is 12.1 Å². The molecular formula is C38H32N2O5. The summed E-state index contributed by atoms with van der Waals surface area (Å²) in [5.41, 5.74) is 4.58. The van der Waals surface area contributed by atoms with Crippen LogP contribution < -0.4 is 5.32 Å². The Bertz CT molecular complexity index is 1680. The molecule has 2 N–H and O–H groups in total. The summed E-state index contributed by atoms with van der Waals surface area (Å²) in [6.45, 7) is 0. The van der Waals surface area contributed by atoms with Gasteiger partial charge in [0.1, 0.15) is 11.6 Å². The normalized spacial score (nSPS) is 12.8. The van der Waals surface area contributed by atoms with E-state index >= 15 is 0 Å². The Morgan fingerprint density at radius 1 is 0.689 bits per heavy atom. The number of carbonyl (C=O) groups is 3. The number of carboxylic acids is 1. The number of fused-ring (bicyclic) bond motifs is 3. The third-order valence-electron chi connectivity index (χ3n) is 8.41.